The van der Waals surface area contributed by atoms with Gasteiger partial charge in [-0.2, -0.15) is 13.2 Å². The Kier molecular flexibility index (Phi) is 7.16. The van der Waals surface area contributed by atoms with E-state index in [1.807, 2.05) is 4.72 Å². The van der Waals surface area contributed by atoms with Crippen LogP contribution in [0, 0.1) is 5.92 Å². The molecule has 0 aromatic heterocycles. The SMILES string of the molecule is CC(C)C[C@@H](NC(=O)CNS(=O)(=O)c1cccc(C(F)(F)F)c1)C(=O)O. The van der Waals surface area contributed by atoms with Gasteiger partial charge in [-0.1, -0.05) is 19.9 Å². The summed E-state index contributed by atoms with van der Waals surface area (Å²) in [5.41, 5.74) is -1.15. The van der Waals surface area contributed by atoms with Crippen molar-refractivity contribution in [2.24, 2.45) is 5.92 Å². The highest BCUT2D eigenvalue weighted by Crippen LogP contribution is 2.30. The molecular weight excluding hydrogens is 377 g/mol. The van der Waals surface area contributed by atoms with Crippen molar-refractivity contribution in [1.29, 1.82) is 0 Å². The molecule has 0 unspecified atom stereocenters. The lowest BCUT2D eigenvalue weighted by atomic mass is 10.0. The second kappa shape index (κ2) is 8.49. The van der Waals surface area contributed by atoms with Crippen LogP contribution >= 0.6 is 0 Å². The number of carboxylic acid groups (broad SMARTS) is 1. The molecule has 0 saturated heterocycles. The van der Waals surface area contributed by atoms with Gasteiger partial charge in [0.1, 0.15) is 6.04 Å². The third-order valence-corrected chi connectivity index (χ3v) is 4.63. The molecule has 0 aliphatic rings. The van der Waals surface area contributed by atoms with Crippen molar-refractivity contribution in [3.63, 3.8) is 0 Å². The zero-order valence-corrected chi connectivity index (χ0v) is 14.8. The number of carboxylic acids is 1. The highest BCUT2D eigenvalue weighted by Gasteiger charge is 2.31. The number of hydrogen-bond acceptors (Lipinski definition) is 4. The Morgan fingerprint density at radius 3 is 2.35 bits per heavy atom. The van der Waals surface area contributed by atoms with Gasteiger partial charge in [0.15, 0.2) is 0 Å². The van der Waals surface area contributed by atoms with Gasteiger partial charge in [0.05, 0.1) is 17.0 Å². The second-order valence-electron chi connectivity index (χ2n) is 5.94. The van der Waals surface area contributed by atoms with Gasteiger partial charge in [0.25, 0.3) is 0 Å². The molecule has 0 radical (unpaired) electrons. The van der Waals surface area contributed by atoms with Gasteiger partial charge < -0.3 is 10.4 Å². The van der Waals surface area contributed by atoms with Crippen LogP contribution in [0.25, 0.3) is 0 Å². The van der Waals surface area contributed by atoms with E-state index in [1.54, 1.807) is 13.8 Å². The van der Waals surface area contributed by atoms with Crippen LogP contribution in [0.15, 0.2) is 29.2 Å². The number of benzene rings is 1. The van der Waals surface area contributed by atoms with Gasteiger partial charge in [-0.05, 0) is 30.5 Å². The minimum Gasteiger partial charge on any atom is -0.480 e. The molecule has 1 amide bonds. The van der Waals surface area contributed by atoms with Crippen LogP contribution in [0.3, 0.4) is 0 Å². The van der Waals surface area contributed by atoms with Gasteiger partial charge in [-0.3, -0.25) is 4.79 Å². The number of amides is 1. The number of carbonyl (C=O) groups is 2. The first-order valence-electron chi connectivity index (χ1n) is 7.52. The van der Waals surface area contributed by atoms with Gasteiger partial charge in [0.2, 0.25) is 15.9 Å². The number of carbonyl (C=O) groups excluding carboxylic acids is 1. The summed E-state index contributed by atoms with van der Waals surface area (Å²) >= 11 is 0. The molecule has 146 valence electrons. The van der Waals surface area contributed by atoms with Crippen LogP contribution in [0.5, 0.6) is 0 Å². The van der Waals surface area contributed by atoms with Crippen LogP contribution < -0.4 is 10.0 Å². The lowest BCUT2D eigenvalue weighted by Gasteiger charge is -2.16. The maximum atomic E-state index is 12.7. The minimum atomic E-state index is -4.71. The number of aliphatic carboxylic acids is 1. The van der Waals surface area contributed by atoms with Gasteiger partial charge >= 0.3 is 12.1 Å². The van der Waals surface area contributed by atoms with Gasteiger partial charge in [0, 0.05) is 0 Å². The van der Waals surface area contributed by atoms with Crippen LogP contribution in [-0.2, 0) is 25.8 Å². The zero-order chi connectivity index (χ0) is 20.1. The first-order chi connectivity index (χ1) is 11.8. The summed E-state index contributed by atoms with van der Waals surface area (Å²) in [5.74, 6) is -2.21. The fraction of sp³-hybridized carbons (Fsp3) is 0.467. The van der Waals surface area contributed by atoms with Crippen molar-refractivity contribution in [3.05, 3.63) is 29.8 Å². The topological polar surface area (TPSA) is 113 Å². The largest absolute Gasteiger partial charge is 0.480 e. The van der Waals surface area contributed by atoms with E-state index in [9.17, 15) is 31.2 Å². The molecule has 0 aliphatic carbocycles. The Labute approximate surface area is 148 Å². The number of hydrogen-bond donors (Lipinski definition) is 3. The molecule has 0 saturated carbocycles. The summed E-state index contributed by atoms with van der Waals surface area (Å²) in [6, 6.07) is 1.85. The second-order valence-corrected chi connectivity index (χ2v) is 7.70. The minimum absolute atomic E-state index is 0.0294. The summed E-state index contributed by atoms with van der Waals surface area (Å²) < 4.78 is 63.9. The molecule has 0 spiro atoms. The van der Waals surface area contributed by atoms with E-state index in [0.29, 0.717) is 6.07 Å². The molecule has 1 atom stereocenters. The van der Waals surface area contributed by atoms with Crippen LogP contribution in [0.4, 0.5) is 13.2 Å². The van der Waals surface area contributed by atoms with Crippen molar-refractivity contribution in [2.75, 3.05) is 6.54 Å². The van der Waals surface area contributed by atoms with E-state index in [1.165, 1.54) is 0 Å². The third-order valence-electron chi connectivity index (χ3n) is 3.23. The Balaban J connectivity index is 2.79. The Hall–Kier alpha value is -2.14. The summed E-state index contributed by atoms with van der Waals surface area (Å²) in [6.07, 6.45) is -4.57. The molecule has 3 N–H and O–H groups in total. The number of alkyl halides is 3. The molecule has 1 aromatic carbocycles. The molecule has 0 fully saturated rings. The number of halogens is 3. The van der Waals surface area contributed by atoms with Crippen LogP contribution in [0.1, 0.15) is 25.8 Å². The molecule has 26 heavy (non-hydrogen) atoms. The molecule has 11 heteroatoms. The van der Waals surface area contributed by atoms with Gasteiger partial charge in [-0.25, -0.2) is 17.9 Å². The fourth-order valence-corrected chi connectivity index (χ4v) is 3.05. The highest BCUT2D eigenvalue weighted by molar-refractivity contribution is 7.89. The summed E-state index contributed by atoms with van der Waals surface area (Å²) in [6.45, 7) is 2.69. The predicted molar refractivity (Wildman–Crippen MR) is 85.7 cm³/mol. The van der Waals surface area contributed by atoms with E-state index in [2.05, 4.69) is 5.32 Å². The molecule has 1 aromatic rings. The smallest absolute Gasteiger partial charge is 0.416 e. The van der Waals surface area contributed by atoms with Crippen molar-refractivity contribution in [1.82, 2.24) is 10.0 Å². The monoisotopic (exact) mass is 396 g/mol. The van der Waals surface area contributed by atoms with Crippen molar-refractivity contribution >= 4 is 21.9 Å². The van der Waals surface area contributed by atoms with Crippen LogP contribution in [-0.4, -0.2) is 38.0 Å². The first kappa shape index (κ1) is 21.9. The quantitative estimate of drug-likeness (QED) is 0.618. The molecule has 1 rings (SSSR count). The molecule has 0 bridgehead atoms. The predicted octanol–water partition coefficient (Wildman–Crippen LogP) is 1.60. The molecule has 0 aliphatic heterocycles. The van der Waals surface area contributed by atoms with Crippen molar-refractivity contribution in [3.8, 4) is 0 Å². The standard InChI is InChI=1S/C15H19F3N2O5S/c1-9(2)6-12(14(22)23)20-13(21)8-19-26(24,25)11-5-3-4-10(7-11)15(16,17)18/h3-5,7,9,12,19H,6,8H2,1-2H3,(H,20,21)(H,22,23)/t12-/m1/s1. The molecular formula is C15H19F3N2O5S. The summed E-state index contributed by atoms with van der Waals surface area (Å²) in [4.78, 5) is 22.2. The Bertz CT molecular complexity index is 763. The number of sulfonamides is 1. The Morgan fingerprint density at radius 2 is 1.85 bits per heavy atom. The van der Waals surface area contributed by atoms with E-state index < -0.39 is 51.1 Å². The highest BCUT2D eigenvalue weighted by atomic mass is 32.2. The molecule has 0 heterocycles. The average molecular weight is 396 g/mol. The van der Waals surface area contributed by atoms with Gasteiger partial charge in [-0.15, -0.1) is 0 Å². The van der Waals surface area contributed by atoms with E-state index in [0.717, 1.165) is 18.2 Å². The van der Waals surface area contributed by atoms with Crippen LogP contribution in [0.2, 0.25) is 0 Å². The van der Waals surface area contributed by atoms with Crippen molar-refractivity contribution in [2.45, 2.75) is 37.4 Å². The lowest BCUT2D eigenvalue weighted by Crippen LogP contribution is -2.46. The normalized spacial score (nSPS) is 13.5. The van der Waals surface area contributed by atoms with Crippen molar-refractivity contribution < 1.29 is 36.3 Å². The number of rotatable bonds is 8. The van der Waals surface area contributed by atoms with E-state index in [4.69, 9.17) is 5.11 Å². The fourth-order valence-electron chi connectivity index (χ4n) is 2.02. The van der Waals surface area contributed by atoms with E-state index in [-0.39, 0.29) is 12.3 Å². The van der Waals surface area contributed by atoms with E-state index >= 15 is 0 Å². The Morgan fingerprint density at radius 1 is 1.23 bits per heavy atom. The molecule has 7 nitrogen and oxygen atoms in total. The third kappa shape index (κ3) is 6.64. The maximum Gasteiger partial charge on any atom is 0.416 e. The maximum absolute atomic E-state index is 12.7. The summed E-state index contributed by atoms with van der Waals surface area (Å²) in [5, 5.41) is 11.2. The number of nitrogens with one attached hydrogen (secondary N) is 2. The summed E-state index contributed by atoms with van der Waals surface area (Å²) in [7, 11) is -4.38. The zero-order valence-electron chi connectivity index (χ0n) is 14.0. The first-order valence-corrected chi connectivity index (χ1v) is 9.00. The lowest BCUT2D eigenvalue weighted by molar-refractivity contribution is -0.142. The average Bonchev–Trinajstić information content (AvgIpc) is 2.51.